The number of carbonyl (C=O) groups is 1. The Morgan fingerprint density at radius 3 is 2.48 bits per heavy atom. The second-order valence-corrected chi connectivity index (χ2v) is 5.69. The van der Waals surface area contributed by atoms with Crippen molar-refractivity contribution in [2.24, 2.45) is 5.92 Å². The monoisotopic (exact) mass is 324 g/mol. The summed E-state index contributed by atoms with van der Waals surface area (Å²) < 4.78 is 5.09. The number of ether oxygens (including phenoxy) is 1. The van der Waals surface area contributed by atoms with Crippen molar-refractivity contribution in [2.75, 3.05) is 0 Å². The number of carboxylic acids is 1. The topological polar surface area (TPSA) is 127 Å². The van der Waals surface area contributed by atoms with Crippen molar-refractivity contribution >= 4 is 12.0 Å². The van der Waals surface area contributed by atoms with E-state index in [-0.39, 0.29) is 0 Å². The summed E-state index contributed by atoms with van der Waals surface area (Å²) in [5, 5.41) is 49.9. The van der Waals surface area contributed by atoms with Crippen molar-refractivity contribution in [3.8, 4) is 0 Å². The molecule has 0 aromatic heterocycles. The molecule has 1 fully saturated rings. The first-order valence-electron chi connectivity index (χ1n) is 7.18. The van der Waals surface area contributed by atoms with Crippen LogP contribution in [0.1, 0.15) is 18.9 Å². The summed E-state index contributed by atoms with van der Waals surface area (Å²) in [6.45, 7) is 1.22. The van der Waals surface area contributed by atoms with Crippen molar-refractivity contribution in [3.05, 3.63) is 41.7 Å². The van der Waals surface area contributed by atoms with Crippen molar-refractivity contribution in [1.82, 2.24) is 0 Å². The van der Waals surface area contributed by atoms with Crippen LogP contribution in [-0.2, 0) is 9.53 Å². The summed E-state index contributed by atoms with van der Waals surface area (Å²) in [6, 6.07) is 8.68. The molecule has 1 aliphatic rings. The predicted octanol–water partition coefficient (Wildman–Crippen LogP) is 0.505. The van der Waals surface area contributed by atoms with Gasteiger partial charge in [0.1, 0.15) is 23.6 Å². The molecule has 1 aromatic rings. The summed E-state index contributed by atoms with van der Waals surface area (Å²) in [7, 11) is 0. The van der Waals surface area contributed by atoms with Gasteiger partial charge in [0.2, 0.25) is 0 Å². The highest BCUT2D eigenvalue weighted by atomic mass is 16.6. The van der Waals surface area contributed by atoms with Crippen molar-refractivity contribution < 1.29 is 35.1 Å². The Labute approximate surface area is 133 Å². The van der Waals surface area contributed by atoms with E-state index in [1.807, 2.05) is 0 Å². The smallest absolute Gasteiger partial charge is 0.309 e. The van der Waals surface area contributed by atoms with Crippen LogP contribution in [0.2, 0.25) is 0 Å². The van der Waals surface area contributed by atoms with Gasteiger partial charge in [-0.1, -0.05) is 30.3 Å². The van der Waals surface area contributed by atoms with Gasteiger partial charge < -0.3 is 30.3 Å². The average Bonchev–Trinajstić information content (AvgIpc) is 2.50. The van der Waals surface area contributed by atoms with Gasteiger partial charge in [0, 0.05) is 6.42 Å². The molecule has 1 aromatic carbocycles. The van der Waals surface area contributed by atoms with Crippen LogP contribution in [0, 0.1) is 5.92 Å². The molecule has 1 aliphatic heterocycles. The van der Waals surface area contributed by atoms with Crippen LogP contribution < -0.4 is 0 Å². The van der Waals surface area contributed by atoms with E-state index in [0.717, 1.165) is 0 Å². The third kappa shape index (κ3) is 3.53. The molecule has 0 radical (unpaired) electrons. The van der Waals surface area contributed by atoms with Gasteiger partial charge in [-0.25, -0.2) is 0 Å². The largest absolute Gasteiger partial charge is 0.509 e. The molecule has 0 aliphatic carbocycles. The second-order valence-electron chi connectivity index (χ2n) is 5.69. The van der Waals surface area contributed by atoms with E-state index in [2.05, 4.69) is 0 Å². The van der Waals surface area contributed by atoms with Gasteiger partial charge in [-0.2, -0.15) is 0 Å². The lowest BCUT2D eigenvalue weighted by Gasteiger charge is -2.45. The molecular formula is C16H20O7. The van der Waals surface area contributed by atoms with Crippen molar-refractivity contribution in [3.63, 3.8) is 0 Å². The van der Waals surface area contributed by atoms with E-state index in [0.29, 0.717) is 5.56 Å². The van der Waals surface area contributed by atoms with Gasteiger partial charge in [0.25, 0.3) is 0 Å². The minimum atomic E-state index is -2.13. The first kappa shape index (κ1) is 17.4. The predicted molar refractivity (Wildman–Crippen MR) is 80.3 cm³/mol. The number of hydrogen-bond donors (Lipinski definition) is 5. The molecule has 1 saturated heterocycles. The molecule has 5 N–H and O–H groups in total. The molecule has 0 bridgehead atoms. The van der Waals surface area contributed by atoms with E-state index in [1.54, 1.807) is 30.3 Å². The normalized spacial score (nSPS) is 33.2. The Hall–Kier alpha value is -1.93. The van der Waals surface area contributed by atoms with Crippen molar-refractivity contribution in [1.29, 1.82) is 0 Å². The van der Waals surface area contributed by atoms with Crippen LogP contribution in [0.15, 0.2) is 36.1 Å². The third-order valence-corrected chi connectivity index (χ3v) is 4.13. The number of hydrogen-bond acceptors (Lipinski definition) is 6. The fourth-order valence-electron chi connectivity index (χ4n) is 2.63. The standard InChI is InChI=1S/C16H20O7/c1-9(15(20)21)16(22)8-12(18)23-13(14(16)19)11(17)7-10-5-3-2-4-6-10/h2-7,9,12-14,17-19,22H,8H2,1H3,(H,20,21)/t9-,12-,13+,14+,16-/m0/s1. The Kier molecular flexibility index (Phi) is 5.06. The molecule has 2 rings (SSSR count). The lowest BCUT2D eigenvalue weighted by atomic mass is 9.76. The highest BCUT2D eigenvalue weighted by Crippen LogP contribution is 2.37. The van der Waals surface area contributed by atoms with E-state index in [1.165, 1.54) is 13.0 Å². The maximum Gasteiger partial charge on any atom is 0.309 e. The Morgan fingerprint density at radius 2 is 1.91 bits per heavy atom. The molecule has 23 heavy (non-hydrogen) atoms. The number of carboxylic acid groups (broad SMARTS) is 1. The Bertz CT molecular complexity index is 585. The zero-order valence-electron chi connectivity index (χ0n) is 12.5. The molecule has 0 amide bonds. The van der Waals surface area contributed by atoms with Gasteiger partial charge in [-0.15, -0.1) is 0 Å². The summed E-state index contributed by atoms with van der Waals surface area (Å²) in [4.78, 5) is 11.2. The molecule has 5 atom stereocenters. The molecule has 7 nitrogen and oxygen atoms in total. The molecule has 0 saturated carbocycles. The van der Waals surface area contributed by atoms with Crippen molar-refractivity contribution in [2.45, 2.75) is 37.4 Å². The Morgan fingerprint density at radius 1 is 1.30 bits per heavy atom. The lowest BCUT2D eigenvalue weighted by Crippen LogP contribution is -2.62. The van der Waals surface area contributed by atoms with Crippen LogP contribution >= 0.6 is 0 Å². The van der Waals surface area contributed by atoms with Crippen LogP contribution in [0.4, 0.5) is 0 Å². The minimum Gasteiger partial charge on any atom is -0.509 e. The van der Waals surface area contributed by atoms with Crippen LogP contribution in [-0.4, -0.2) is 55.6 Å². The van der Waals surface area contributed by atoms with Crippen LogP contribution in [0.3, 0.4) is 0 Å². The van der Waals surface area contributed by atoms with E-state index < -0.39 is 48.2 Å². The molecule has 0 spiro atoms. The van der Waals surface area contributed by atoms with Crippen LogP contribution in [0.25, 0.3) is 6.08 Å². The quantitative estimate of drug-likeness (QED) is 0.510. The Balaban J connectivity index is 2.31. The maximum absolute atomic E-state index is 11.2. The molecule has 126 valence electrons. The average molecular weight is 324 g/mol. The number of aliphatic carboxylic acids is 1. The zero-order chi connectivity index (χ0) is 17.2. The van der Waals surface area contributed by atoms with E-state index in [9.17, 15) is 25.2 Å². The second kappa shape index (κ2) is 6.67. The fraction of sp³-hybridized carbons (Fsp3) is 0.438. The number of rotatable bonds is 4. The number of benzene rings is 1. The number of aliphatic hydroxyl groups excluding tert-OH is 3. The summed E-state index contributed by atoms with van der Waals surface area (Å²) in [5.41, 5.74) is -1.51. The highest BCUT2D eigenvalue weighted by molar-refractivity contribution is 5.71. The van der Waals surface area contributed by atoms with Gasteiger partial charge in [-0.05, 0) is 18.6 Å². The van der Waals surface area contributed by atoms with E-state index >= 15 is 0 Å². The first-order chi connectivity index (χ1) is 10.8. The van der Waals surface area contributed by atoms with Gasteiger partial charge in [-0.3, -0.25) is 4.79 Å². The molecular weight excluding hydrogens is 304 g/mol. The van der Waals surface area contributed by atoms with Gasteiger partial charge in [0.15, 0.2) is 6.29 Å². The molecule has 1 heterocycles. The summed E-state index contributed by atoms with van der Waals surface area (Å²) >= 11 is 0. The van der Waals surface area contributed by atoms with E-state index in [4.69, 9.17) is 9.84 Å². The van der Waals surface area contributed by atoms with Gasteiger partial charge in [0.05, 0.1) is 5.92 Å². The molecule has 7 heteroatoms. The maximum atomic E-state index is 11.2. The lowest BCUT2D eigenvalue weighted by molar-refractivity contribution is -0.273. The minimum absolute atomic E-state index is 0.418. The first-order valence-corrected chi connectivity index (χ1v) is 7.18. The SMILES string of the molecule is C[C@@H](C(=O)O)[C@@]1(O)C[C@@H](O)O[C@H](C(O)=Cc2ccccc2)[C@H]1O. The third-order valence-electron chi connectivity index (χ3n) is 4.13. The summed E-state index contributed by atoms with van der Waals surface area (Å²) in [6.07, 6.45) is -3.82. The molecule has 0 unspecified atom stereocenters. The highest BCUT2D eigenvalue weighted by Gasteiger charge is 2.54. The zero-order valence-corrected chi connectivity index (χ0v) is 12.5. The van der Waals surface area contributed by atoms with Crippen LogP contribution in [0.5, 0.6) is 0 Å². The number of aliphatic hydroxyl groups is 4. The van der Waals surface area contributed by atoms with Gasteiger partial charge >= 0.3 is 5.97 Å². The summed E-state index contributed by atoms with van der Waals surface area (Å²) in [5.74, 6) is -3.10. The fourth-order valence-corrected chi connectivity index (χ4v) is 2.63.